The molecule has 1 aromatic carbocycles. The lowest BCUT2D eigenvalue weighted by Gasteiger charge is -2.31. The van der Waals surface area contributed by atoms with Gasteiger partial charge in [-0.05, 0) is 79.1 Å². The van der Waals surface area contributed by atoms with Crippen LogP contribution in [0.15, 0.2) is 65.6 Å². The summed E-state index contributed by atoms with van der Waals surface area (Å²) in [7, 11) is 0. The first-order valence-corrected chi connectivity index (χ1v) is 14.3. The van der Waals surface area contributed by atoms with Crippen molar-refractivity contribution in [3.05, 3.63) is 77.3 Å². The molecule has 1 saturated heterocycles. The molecule has 2 aliphatic heterocycles. The van der Waals surface area contributed by atoms with Crippen LogP contribution >= 0.6 is 11.6 Å². The third-order valence-electron chi connectivity index (χ3n) is 7.54. The van der Waals surface area contributed by atoms with Crippen molar-refractivity contribution in [2.45, 2.75) is 32.1 Å². The van der Waals surface area contributed by atoms with Crippen molar-refractivity contribution in [3.63, 3.8) is 0 Å². The maximum Gasteiger partial charge on any atom is 0.299 e. The number of amides is 1. The minimum atomic E-state index is -0.0164. The van der Waals surface area contributed by atoms with Crippen LogP contribution in [-0.4, -0.2) is 43.9 Å². The fourth-order valence-electron chi connectivity index (χ4n) is 5.52. The van der Waals surface area contributed by atoms with E-state index in [-0.39, 0.29) is 11.8 Å². The third-order valence-corrected chi connectivity index (χ3v) is 7.82. The monoisotopic (exact) mass is 581 g/mol. The normalized spacial score (nSPS) is 16.4. The maximum atomic E-state index is 13.3. The molecule has 3 N–H and O–H groups in total. The number of pyridine rings is 2. The van der Waals surface area contributed by atoms with E-state index in [9.17, 15) is 4.79 Å². The Bertz CT molecular complexity index is 1740. The van der Waals surface area contributed by atoms with Gasteiger partial charge in [0, 0.05) is 43.3 Å². The van der Waals surface area contributed by atoms with Crippen LogP contribution in [0, 0.1) is 5.92 Å². The molecular weight excluding hydrogens is 554 g/mol. The molecule has 6 bridgehead atoms. The number of aryl methyl sites for hydroxylation is 2. The SMILES string of the molecule is O=C(C[C@@H]1CCCN(c2nc3cccnc3o2)C1)Nc1ccc2cc1CCc1cncc(c1)Nc1ncc(Cl)c(n1)N2. The maximum absolute atomic E-state index is 13.3. The second kappa shape index (κ2) is 11.2. The zero-order valence-corrected chi connectivity index (χ0v) is 23.4. The van der Waals surface area contributed by atoms with Crippen LogP contribution in [0.25, 0.3) is 11.2 Å². The molecule has 0 spiro atoms. The number of nitrogens with one attached hydrogen (secondary N) is 3. The highest BCUT2D eigenvalue weighted by molar-refractivity contribution is 6.32. The van der Waals surface area contributed by atoms with Gasteiger partial charge in [-0.15, -0.1) is 0 Å². The number of rotatable bonds is 4. The summed E-state index contributed by atoms with van der Waals surface area (Å²) in [6.45, 7) is 1.54. The molecule has 212 valence electrons. The Kier molecular flexibility index (Phi) is 7.00. The van der Waals surface area contributed by atoms with Crippen LogP contribution < -0.4 is 20.9 Å². The molecule has 0 aliphatic carbocycles. The number of carbonyl (C=O) groups excluding carboxylic acids is 1. The quantitative estimate of drug-likeness (QED) is 0.236. The number of fused-ring (bicyclic) bond motifs is 7. The van der Waals surface area contributed by atoms with E-state index in [1.807, 2.05) is 42.6 Å². The van der Waals surface area contributed by atoms with Crippen LogP contribution in [0.2, 0.25) is 5.02 Å². The molecular formula is C30H28ClN9O2. The zero-order valence-electron chi connectivity index (χ0n) is 22.7. The number of aromatic nitrogens is 5. The molecule has 1 amide bonds. The van der Waals surface area contributed by atoms with Crippen LogP contribution in [0.1, 0.15) is 30.4 Å². The highest BCUT2D eigenvalue weighted by atomic mass is 35.5. The molecule has 6 heterocycles. The standard InChI is InChI=1S/C30H28ClN9O2/c31-23-16-34-29-36-22-11-18(14-32-15-22)5-6-20-13-21(35-27(23)39-29)7-8-24(20)37-26(41)12-19-3-2-10-40(17-19)30-38-25-4-1-9-33-28(25)42-30/h1,4,7-9,11,13-16,19H,2-3,5-6,10,12,17H2,(H,37,41)(H2,34,35,36,39)/t19-/m0/s1. The Hall–Kier alpha value is -4.77. The molecule has 11 nitrogen and oxygen atoms in total. The van der Waals surface area contributed by atoms with Gasteiger partial charge < -0.3 is 25.3 Å². The van der Waals surface area contributed by atoms with E-state index in [0.717, 1.165) is 59.5 Å². The molecule has 12 heteroatoms. The van der Waals surface area contributed by atoms with E-state index >= 15 is 0 Å². The Balaban J connectivity index is 1.08. The summed E-state index contributed by atoms with van der Waals surface area (Å²) in [6, 6.07) is 12.2. The molecule has 1 fully saturated rings. The van der Waals surface area contributed by atoms with Gasteiger partial charge in [0.25, 0.3) is 6.01 Å². The number of hydrogen-bond acceptors (Lipinski definition) is 10. The smallest absolute Gasteiger partial charge is 0.299 e. The van der Waals surface area contributed by atoms with Crippen LogP contribution in [0.5, 0.6) is 0 Å². The molecule has 42 heavy (non-hydrogen) atoms. The van der Waals surface area contributed by atoms with Gasteiger partial charge in [0.2, 0.25) is 17.6 Å². The molecule has 1 atom stereocenters. The van der Waals surface area contributed by atoms with Gasteiger partial charge in [0.15, 0.2) is 5.82 Å². The highest BCUT2D eigenvalue weighted by Crippen LogP contribution is 2.31. The van der Waals surface area contributed by atoms with Crippen LogP contribution in [-0.2, 0) is 17.6 Å². The first kappa shape index (κ1) is 26.1. The fraction of sp³-hybridized carbons (Fsp3) is 0.267. The van der Waals surface area contributed by atoms with Crippen molar-refractivity contribution in [1.29, 1.82) is 0 Å². The van der Waals surface area contributed by atoms with Crippen molar-refractivity contribution in [2.24, 2.45) is 5.92 Å². The average molecular weight is 582 g/mol. The van der Waals surface area contributed by atoms with Crippen molar-refractivity contribution in [1.82, 2.24) is 24.9 Å². The summed E-state index contributed by atoms with van der Waals surface area (Å²) in [4.78, 5) is 37.5. The van der Waals surface area contributed by atoms with Gasteiger partial charge in [-0.2, -0.15) is 9.97 Å². The first-order valence-electron chi connectivity index (χ1n) is 14.0. The van der Waals surface area contributed by atoms with Gasteiger partial charge in [-0.1, -0.05) is 11.6 Å². The van der Waals surface area contributed by atoms with Gasteiger partial charge in [-0.25, -0.2) is 9.97 Å². The number of hydrogen-bond donors (Lipinski definition) is 3. The molecule has 0 saturated carbocycles. The summed E-state index contributed by atoms with van der Waals surface area (Å²) < 4.78 is 5.88. The van der Waals surface area contributed by atoms with Crippen molar-refractivity contribution < 1.29 is 9.21 Å². The molecule has 5 aromatic rings. The van der Waals surface area contributed by atoms with Gasteiger partial charge >= 0.3 is 0 Å². The van der Waals surface area contributed by atoms with Crippen LogP contribution in [0.4, 0.5) is 34.8 Å². The van der Waals surface area contributed by atoms with E-state index < -0.39 is 0 Å². The van der Waals surface area contributed by atoms with Crippen molar-refractivity contribution in [3.8, 4) is 0 Å². The average Bonchev–Trinajstić information content (AvgIpc) is 3.44. The Morgan fingerprint density at radius 1 is 1.07 bits per heavy atom. The Morgan fingerprint density at radius 3 is 2.95 bits per heavy atom. The fourth-order valence-corrected chi connectivity index (χ4v) is 5.65. The zero-order chi connectivity index (χ0) is 28.5. The minimum absolute atomic E-state index is 0.0164. The third kappa shape index (κ3) is 5.68. The first-order chi connectivity index (χ1) is 20.6. The molecule has 2 aliphatic rings. The molecule has 4 aromatic heterocycles. The number of halogens is 1. The van der Waals surface area contributed by atoms with E-state index in [4.69, 9.17) is 16.0 Å². The Morgan fingerprint density at radius 2 is 2.02 bits per heavy atom. The molecule has 7 rings (SSSR count). The number of nitrogens with zero attached hydrogens (tertiary/aromatic N) is 6. The summed E-state index contributed by atoms with van der Waals surface area (Å²) >= 11 is 6.39. The summed E-state index contributed by atoms with van der Waals surface area (Å²) in [6.07, 6.45) is 10.6. The van der Waals surface area contributed by atoms with E-state index in [1.54, 1.807) is 18.6 Å². The number of piperidine rings is 1. The lowest BCUT2D eigenvalue weighted by molar-refractivity contribution is -0.117. The summed E-state index contributed by atoms with van der Waals surface area (Å²) in [5, 5.41) is 10.1. The van der Waals surface area contributed by atoms with E-state index in [1.165, 1.54) is 0 Å². The summed E-state index contributed by atoms with van der Waals surface area (Å²) in [5.74, 6) is 1.07. The van der Waals surface area contributed by atoms with Crippen molar-refractivity contribution in [2.75, 3.05) is 33.9 Å². The second-order valence-corrected chi connectivity index (χ2v) is 11.0. The number of benzene rings is 1. The predicted octanol–water partition coefficient (Wildman–Crippen LogP) is 5.89. The largest absolute Gasteiger partial charge is 0.404 e. The van der Waals surface area contributed by atoms with Crippen LogP contribution in [0.3, 0.4) is 0 Å². The second-order valence-electron chi connectivity index (χ2n) is 10.6. The Labute approximate surface area is 246 Å². The molecule has 0 unspecified atom stereocenters. The van der Waals surface area contributed by atoms with Gasteiger partial charge in [0.05, 0.1) is 18.1 Å². The number of anilines is 6. The molecule has 0 radical (unpaired) electrons. The lowest BCUT2D eigenvalue weighted by atomic mass is 9.94. The predicted molar refractivity (Wildman–Crippen MR) is 162 cm³/mol. The summed E-state index contributed by atoms with van der Waals surface area (Å²) in [5.41, 5.74) is 5.71. The van der Waals surface area contributed by atoms with E-state index in [0.29, 0.717) is 47.9 Å². The van der Waals surface area contributed by atoms with Gasteiger partial charge in [0.1, 0.15) is 10.5 Å². The number of oxazole rings is 1. The van der Waals surface area contributed by atoms with Gasteiger partial charge in [-0.3, -0.25) is 9.78 Å². The highest BCUT2D eigenvalue weighted by Gasteiger charge is 2.26. The van der Waals surface area contributed by atoms with Crippen molar-refractivity contribution >= 4 is 63.6 Å². The minimum Gasteiger partial charge on any atom is -0.404 e. The number of carbonyl (C=O) groups is 1. The van der Waals surface area contributed by atoms with E-state index in [2.05, 4.69) is 45.8 Å². The lowest BCUT2D eigenvalue weighted by Crippen LogP contribution is -2.37. The topological polar surface area (TPSA) is 134 Å².